The van der Waals surface area contributed by atoms with Crippen LogP contribution in [0.1, 0.15) is 32.8 Å². The van der Waals surface area contributed by atoms with E-state index in [9.17, 15) is 0 Å². The third-order valence-electron chi connectivity index (χ3n) is 4.66. The van der Waals surface area contributed by atoms with E-state index in [-0.39, 0.29) is 0 Å². The van der Waals surface area contributed by atoms with Gasteiger partial charge in [0.25, 0.3) is 0 Å². The van der Waals surface area contributed by atoms with Crippen LogP contribution >= 0.6 is 0 Å². The Labute approximate surface area is 129 Å². The van der Waals surface area contributed by atoms with Crippen molar-refractivity contribution in [3.63, 3.8) is 0 Å². The van der Waals surface area contributed by atoms with Gasteiger partial charge in [0.1, 0.15) is 5.75 Å². The maximum absolute atomic E-state index is 5.47. The molecule has 118 valence electrons. The first-order chi connectivity index (χ1) is 10.2. The van der Waals surface area contributed by atoms with E-state index in [2.05, 4.69) is 49.2 Å². The molecule has 1 aromatic rings. The summed E-state index contributed by atoms with van der Waals surface area (Å²) in [4.78, 5) is 2.67. The number of nitrogens with one attached hydrogen (secondary N) is 1. The second-order valence-corrected chi connectivity index (χ2v) is 6.38. The summed E-state index contributed by atoms with van der Waals surface area (Å²) < 4.78 is 5.47. The van der Waals surface area contributed by atoms with E-state index in [1.165, 1.54) is 12.0 Å². The van der Waals surface area contributed by atoms with E-state index < -0.39 is 0 Å². The third-order valence-corrected chi connectivity index (χ3v) is 4.66. The summed E-state index contributed by atoms with van der Waals surface area (Å²) in [6, 6.07) is 9.66. The molecular weight excluding hydrogens is 260 g/mol. The number of hydrogen-bond donors (Lipinski definition) is 1. The van der Waals surface area contributed by atoms with Crippen molar-refractivity contribution in [2.75, 3.05) is 26.7 Å². The summed E-state index contributed by atoms with van der Waals surface area (Å²) in [6.45, 7) is 10.3. The van der Waals surface area contributed by atoms with Gasteiger partial charge in [-0.05, 0) is 30.4 Å². The fourth-order valence-electron chi connectivity index (χ4n) is 3.26. The van der Waals surface area contributed by atoms with Gasteiger partial charge in [0.2, 0.25) is 0 Å². The molecule has 1 aliphatic rings. The highest BCUT2D eigenvalue weighted by Gasteiger charge is 2.28. The van der Waals surface area contributed by atoms with Crippen molar-refractivity contribution in [2.24, 2.45) is 5.92 Å². The van der Waals surface area contributed by atoms with Gasteiger partial charge >= 0.3 is 0 Å². The molecule has 0 aliphatic carbocycles. The van der Waals surface area contributed by atoms with Crippen LogP contribution in [0.25, 0.3) is 0 Å². The largest absolute Gasteiger partial charge is 0.496 e. The molecule has 2 unspecified atom stereocenters. The van der Waals surface area contributed by atoms with Crippen molar-refractivity contribution < 1.29 is 4.74 Å². The summed E-state index contributed by atoms with van der Waals surface area (Å²) in [5.74, 6) is 1.70. The summed E-state index contributed by atoms with van der Waals surface area (Å²) in [7, 11) is 1.76. The monoisotopic (exact) mass is 290 g/mol. The number of rotatable bonds is 6. The molecule has 1 heterocycles. The van der Waals surface area contributed by atoms with Gasteiger partial charge in [-0.1, -0.05) is 39.0 Å². The van der Waals surface area contributed by atoms with E-state index in [1.54, 1.807) is 7.11 Å². The van der Waals surface area contributed by atoms with Crippen LogP contribution in [0.2, 0.25) is 0 Å². The van der Waals surface area contributed by atoms with Crippen molar-refractivity contribution in [3.05, 3.63) is 29.8 Å². The standard InChI is InChI=1S/C18H30N2O/c1-5-16-13-20(17(12-19-16)14(2)3)11-10-15-8-6-7-9-18(15)21-4/h6-9,14,16-17,19H,5,10-13H2,1-4H3. The molecule has 1 aliphatic heterocycles. The Morgan fingerprint density at radius 3 is 2.76 bits per heavy atom. The van der Waals surface area contributed by atoms with Crippen LogP contribution in [0.3, 0.4) is 0 Å². The van der Waals surface area contributed by atoms with Gasteiger partial charge in [0, 0.05) is 31.7 Å². The Balaban J connectivity index is 2.01. The third kappa shape index (κ3) is 4.21. The molecule has 1 aromatic carbocycles. The Hall–Kier alpha value is -1.06. The zero-order valence-corrected chi connectivity index (χ0v) is 13.9. The maximum atomic E-state index is 5.47. The fraction of sp³-hybridized carbons (Fsp3) is 0.667. The summed E-state index contributed by atoms with van der Waals surface area (Å²) in [5, 5.41) is 3.68. The minimum Gasteiger partial charge on any atom is -0.496 e. The number of nitrogens with zero attached hydrogens (tertiary/aromatic N) is 1. The van der Waals surface area contributed by atoms with Crippen LogP contribution in [0.15, 0.2) is 24.3 Å². The van der Waals surface area contributed by atoms with Crippen LogP contribution in [-0.4, -0.2) is 43.7 Å². The quantitative estimate of drug-likeness (QED) is 0.872. The second-order valence-electron chi connectivity index (χ2n) is 6.38. The molecule has 2 atom stereocenters. The van der Waals surface area contributed by atoms with Crippen molar-refractivity contribution in [1.82, 2.24) is 10.2 Å². The molecule has 0 spiro atoms. The SMILES string of the molecule is CCC1CN(CCc2ccccc2OC)C(C(C)C)CN1. The lowest BCUT2D eigenvalue weighted by atomic mass is 9.97. The first kappa shape index (κ1) is 16.3. The van der Waals surface area contributed by atoms with E-state index in [4.69, 9.17) is 4.74 Å². The van der Waals surface area contributed by atoms with Gasteiger partial charge in [-0.3, -0.25) is 4.90 Å². The number of piperazine rings is 1. The molecule has 2 rings (SSSR count). The van der Waals surface area contributed by atoms with Crippen LogP contribution in [0, 0.1) is 5.92 Å². The van der Waals surface area contributed by atoms with Gasteiger partial charge in [0.15, 0.2) is 0 Å². The lowest BCUT2D eigenvalue weighted by Gasteiger charge is -2.42. The minimum atomic E-state index is 0.637. The predicted octanol–water partition coefficient (Wildman–Crippen LogP) is 2.95. The van der Waals surface area contributed by atoms with Crippen molar-refractivity contribution in [2.45, 2.75) is 45.7 Å². The molecule has 0 bridgehead atoms. The van der Waals surface area contributed by atoms with Gasteiger partial charge in [0.05, 0.1) is 7.11 Å². The normalized spacial score (nSPS) is 23.5. The topological polar surface area (TPSA) is 24.5 Å². The molecule has 0 amide bonds. The van der Waals surface area contributed by atoms with E-state index >= 15 is 0 Å². The van der Waals surface area contributed by atoms with Gasteiger partial charge in [-0.25, -0.2) is 0 Å². The van der Waals surface area contributed by atoms with Crippen molar-refractivity contribution in [1.29, 1.82) is 0 Å². The Morgan fingerprint density at radius 1 is 1.33 bits per heavy atom. The van der Waals surface area contributed by atoms with E-state index in [0.29, 0.717) is 18.0 Å². The first-order valence-corrected chi connectivity index (χ1v) is 8.25. The molecule has 21 heavy (non-hydrogen) atoms. The Kier molecular flexibility index (Phi) is 6.07. The molecule has 3 heteroatoms. The summed E-state index contributed by atoms with van der Waals surface area (Å²) in [5.41, 5.74) is 1.31. The molecule has 0 aromatic heterocycles. The highest BCUT2D eigenvalue weighted by Crippen LogP contribution is 2.21. The molecular formula is C18H30N2O. The Morgan fingerprint density at radius 2 is 2.10 bits per heavy atom. The zero-order valence-electron chi connectivity index (χ0n) is 13.9. The first-order valence-electron chi connectivity index (χ1n) is 8.25. The number of ether oxygens (including phenoxy) is 1. The molecule has 1 N–H and O–H groups in total. The van der Waals surface area contributed by atoms with Crippen molar-refractivity contribution in [3.8, 4) is 5.75 Å². The average Bonchev–Trinajstić information content (AvgIpc) is 2.52. The number of methoxy groups -OCH3 is 1. The second kappa shape index (κ2) is 7.81. The molecule has 1 saturated heterocycles. The number of benzene rings is 1. The van der Waals surface area contributed by atoms with E-state index in [0.717, 1.165) is 31.8 Å². The van der Waals surface area contributed by atoms with Crippen LogP contribution in [0.4, 0.5) is 0 Å². The highest BCUT2D eigenvalue weighted by atomic mass is 16.5. The lowest BCUT2D eigenvalue weighted by Crippen LogP contribution is -2.58. The van der Waals surface area contributed by atoms with Gasteiger partial charge in [-0.2, -0.15) is 0 Å². The van der Waals surface area contributed by atoms with Crippen molar-refractivity contribution >= 4 is 0 Å². The zero-order chi connectivity index (χ0) is 15.2. The lowest BCUT2D eigenvalue weighted by molar-refractivity contribution is 0.0983. The predicted molar refractivity (Wildman–Crippen MR) is 89.0 cm³/mol. The molecule has 0 radical (unpaired) electrons. The highest BCUT2D eigenvalue weighted by molar-refractivity contribution is 5.33. The number of hydrogen-bond acceptors (Lipinski definition) is 3. The number of para-hydroxylation sites is 1. The molecule has 3 nitrogen and oxygen atoms in total. The van der Waals surface area contributed by atoms with Crippen LogP contribution in [-0.2, 0) is 6.42 Å². The van der Waals surface area contributed by atoms with E-state index in [1.807, 2.05) is 6.07 Å². The van der Waals surface area contributed by atoms with Crippen LogP contribution < -0.4 is 10.1 Å². The smallest absolute Gasteiger partial charge is 0.122 e. The van der Waals surface area contributed by atoms with Crippen LogP contribution in [0.5, 0.6) is 5.75 Å². The van der Waals surface area contributed by atoms with Gasteiger partial charge in [-0.15, -0.1) is 0 Å². The minimum absolute atomic E-state index is 0.637. The Bertz CT molecular complexity index is 433. The van der Waals surface area contributed by atoms with Gasteiger partial charge < -0.3 is 10.1 Å². The summed E-state index contributed by atoms with van der Waals surface area (Å²) in [6.07, 6.45) is 2.26. The molecule has 0 saturated carbocycles. The average molecular weight is 290 g/mol. The summed E-state index contributed by atoms with van der Waals surface area (Å²) >= 11 is 0. The maximum Gasteiger partial charge on any atom is 0.122 e. The molecule has 1 fully saturated rings. The fourth-order valence-corrected chi connectivity index (χ4v) is 3.26.